The zero-order valence-electron chi connectivity index (χ0n) is 9.89. The number of carboxylic acids is 2. The Morgan fingerprint density at radius 1 is 1.11 bits per heavy atom. The molecule has 0 aromatic heterocycles. The molecule has 96 valence electrons. The average Bonchev–Trinajstić information content (AvgIpc) is 2.28. The van der Waals surface area contributed by atoms with Gasteiger partial charge in [0.15, 0.2) is 0 Å². The Morgan fingerprint density at radius 3 is 1.89 bits per heavy atom. The molecule has 0 aliphatic heterocycles. The van der Waals surface area contributed by atoms with E-state index in [9.17, 15) is 14.4 Å². The summed E-state index contributed by atoms with van der Waals surface area (Å²) in [5, 5.41) is 17.9. The van der Waals surface area contributed by atoms with Crippen LogP contribution in [-0.4, -0.2) is 34.7 Å². The van der Waals surface area contributed by atoms with Crippen LogP contribution in [-0.2, 0) is 4.74 Å². The molecule has 0 aliphatic carbocycles. The van der Waals surface area contributed by atoms with Gasteiger partial charge in [-0.05, 0) is 31.5 Å². The standard InChI is InChI=1S/C12H12O6/c1-3-18-12(17)7-4-8(10(13)14)6(2)9(5-7)11(15)16/h4-5H,3H2,1-2H3,(H,13,14)(H,15,16). The molecule has 0 radical (unpaired) electrons. The SMILES string of the molecule is CCOC(=O)c1cc(C(=O)O)c(C)c(C(=O)O)c1. The molecule has 18 heavy (non-hydrogen) atoms. The van der Waals surface area contributed by atoms with Gasteiger partial charge in [-0.15, -0.1) is 0 Å². The van der Waals surface area contributed by atoms with Crippen LogP contribution in [0.5, 0.6) is 0 Å². The van der Waals surface area contributed by atoms with Crippen molar-refractivity contribution in [1.29, 1.82) is 0 Å². The third-order valence-corrected chi connectivity index (χ3v) is 2.38. The van der Waals surface area contributed by atoms with Crippen molar-refractivity contribution in [3.8, 4) is 0 Å². The largest absolute Gasteiger partial charge is 0.478 e. The first-order valence-electron chi connectivity index (χ1n) is 5.16. The van der Waals surface area contributed by atoms with Gasteiger partial charge >= 0.3 is 17.9 Å². The maximum atomic E-state index is 11.5. The Labute approximate surface area is 103 Å². The summed E-state index contributed by atoms with van der Waals surface area (Å²) in [5.74, 6) is -3.33. The minimum atomic E-state index is -1.29. The number of benzene rings is 1. The molecule has 0 unspecified atom stereocenters. The molecular weight excluding hydrogens is 240 g/mol. The smallest absolute Gasteiger partial charge is 0.338 e. The maximum absolute atomic E-state index is 11.5. The van der Waals surface area contributed by atoms with E-state index in [-0.39, 0.29) is 28.9 Å². The number of esters is 1. The predicted molar refractivity (Wildman–Crippen MR) is 61.1 cm³/mol. The van der Waals surface area contributed by atoms with E-state index in [1.54, 1.807) is 6.92 Å². The summed E-state index contributed by atoms with van der Waals surface area (Å²) in [6.07, 6.45) is 0. The van der Waals surface area contributed by atoms with Crippen molar-refractivity contribution >= 4 is 17.9 Å². The summed E-state index contributed by atoms with van der Waals surface area (Å²) >= 11 is 0. The molecule has 0 atom stereocenters. The molecule has 1 aromatic rings. The van der Waals surface area contributed by atoms with Crippen LogP contribution in [0.1, 0.15) is 43.6 Å². The van der Waals surface area contributed by atoms with Crippen LogP contribution in [0.4, 0.5) is 0 Å². The minimum Gasteiger partial charge on any atom is -0.478 e. The topological polar surface area (TPSA) is 101 Å². The lowest BCUT2D eigenvalue weighted by Gasteiger charge is -2.08. The maximum Gasteiger partial charge on any atom is 0.338 e. The van der Waals surface area contributed by atoms with Crippen LogP contribution < -0.4 is 0 Å². The zero-order valence-corrected chi connectivity index (χ0v) is 9.89. The van der Waals surface area contributed by atoms with E-state index in [4.69, 9.17) is 14.9 Å². The molecule has 0 saturated carbocycles. The molecular formula is C12H12O6. The summed E-state index contributed by atoms with van der Waals surface area (Å²) in [6.45, 7) is 3.10. The molecule has 0 fully saturated rings. The second-order valence-electron chi connectivity index (χ2n) is 3.53. The number of aromatic carboxylic acids is 2. The Morgan fingerprint density at radius 2 is 1.56 bits per heavy atom. The lowest BCUT2D eigenvalue weighted by atomic mass is 9.98. The fourth-order valence-electron chi connectivity index (χ4n) is 1.49. The second-order valence-corrected chi connectivity index (χ2v) is 3.53. The van der Waals surface area contributed by atoms with Crippen LogP contribution in [0.3, 0.4) is 0 Å². The van der Waals surface area contributed by atoms with Gasteiger partial charge in [-0.3, -0.25) is 0 Å². The van der Waals surface area contributed by atoms with Crippen LogP contribution in [0, 0.1) is 6.92 Å². The summed E-state index contributed by atoms with van der Waals surface area (Å²) in [7, 11) is 0. The molecule has 2 N–H and O–H groups in total. The van der Waals surface area contributed by atoms with E-state index in [2.05, 4.69) is 0 Å². The number of carbonyl (C=O) groups excluding carboxylic acids is 1. The van der Waals surface area contributed by atoms with E-state index in [1.165, 1.54) is 6.92 Å². The van der Waals surface area contributed by atoms with Crippen LogP contribution in [0.25, 0.3) is 0 Å². The van der Waals surface area contributed by atoms with Gasteiger partial charge in [0.25, 0.3) is 0 Å². The number of ether oxygens (including phenoxy) is 1. The Balaban J connectivity index is 3.43. The third-order valence-electron chi connectivity index (χ3n) is 2.38. The molecule has 1 rings (SSSR count). The normalized spacial score (nSPS) is 9.89. The average molecular weight is 252 g/mol. The summed E-state index contributed by atoms with van der Waals surface area (Å²) in [6, 6.07) is 2.23. The number of hydrogen-bond donors (Lipinski definition) is 2. The fourth-order valence-corrected chi connectivity index (χ4v) is 1.49. The van der Waals surface area contributed by atoms with Crippen molar-refractivity contribution < 1.29 is 29.3 Å². The van der Waals surface area contributed by atoms with Crippen LogP contribution in [0.15, 0.2) is 12.1 Å². The fraction of sp³-hybridized carbons (Fsp3) is 0.250. The Bertz CT molecular complexity index is 482. The first kappa shape index (κ1) is 13.7. The number of rotatable bonds is 4. The highest BCUT2D eigenvalue weighted by Gasteiger charge is 2.20. The van der Waals surface area contributed by atoms with Crippen molar-refractivity contribution in [2.24, 2.45) is 0 Å². The van der Waals surface area contributed by atoms with Crippen molar-refractivity contribution in [2.45, 2.75) is 13.8 Å². The van der Waals surface area contributed by atoms with Gasteiger partial charge < -0.3 is 14.9 Å². The minimum absolute atomic E-state index is 0.0859. The predicted octanol–water partition coefficient (Wildman–Crippen LogP) is 1.57. The van der Waals surface area contributed by atoms with E-state index < -0.39 is 17.9 Å². The van der Waals surface area contributed by atoms with Gasteiger partial charge in [-0.2, -0.15) is 0 Å². The highest BCUT2D eigenvalue weighted by atomic mass is 16.5. The van der Waals surface area contributed by atoms with Crippen LogP contribution in [0.2, 0.25) is 0 Å². The monoisotopic (exact) mass is 252 g/mol. The molecule has 6 heteroatoms. The number of carboxylic acid groups (broad SMARTS) is 2. The van der Waals surface area contributed by atoms with Gasteiger partial charge in [0.1, 0.15) is 0 Å². The van der Waals surface area contributed by atoms with Crippen molar-refractivity contribution in [3.63, 3.8) is 0 Å². The number of hydrogen-bond acceptors (Lipinski definition) is 4. The molecule has 0 spiro atoms. The highest BCUT2D eigenvalue weighted by Crippen LogP contribution is 2.18. The van der Waals surface area contributed by atoms with Crippen molar-refractivity contribution in [1.82, 2.24) is 0 Å². The Hall–Kier alpha value is -2.37. The number of carbonyl (C=O) groups is 3. The van der Waals surface area contributed by atoms with E-state index >= 15 is 0 Å². The summed E-state index contributed by atoms with van der Waals surface area (Å²) in [4.78, 5) is 33.5. The quantitative estimate of drug-likeness (QED) is 0.789. The van der Waals surface area contributed by atoms with Crippen molar-refractivity contribution in [2.75, 3.05) is 6.61 Å². The molecule has 0 heterocycles. The van der Waals surface area contributed by atoms with E-state index in [0.29, 0.717) is 0 Å². The van der Waals surface area contributed by atoms with Gasteiger partial charge in [-0.1, -0.05) is 0 Å². The molecule has 0 bridgehead atoms. The van der Waals surface area contributed by atoms with E-state index in [0.717, 1.165) is 12.1 Å². The van der Waals surface area contributed by atoms with Crippen molar-refractivity contribution in [3.05, 3.63) is 34.4 Å². The van der Waals surface area contributed by atoms with Gasteiger partial charge in [0.2, 0.25) is 0 Å². The Kier molecular flexibility index (Phi) is 4.04. The first-order chi connectivity index (χ1) is 8.38. The molecule has 0 amide bonds. The molecule has 6 nitrogen and oxygen atoms in total. The van der Waals surface area contributed by atoms with Crippen LogP contribution >= 0.6 is 0 Å². The summed E-state index contributed by atoms with van der Waals surface area (Å²) in [5.41, 5.74) is -0.434. The highest BCUT2D eigenvalue weighted by molar-refractivity contribution is 6.01. The van der Waals surface area contributed by atoms with Gasteiger partial charge in [-0.25, -0.2) is 14.4 Å². The molecule has 1 aromatic carbocycles. The lowest BCUT2D eigenvalue weighted by Crippen LogP contribution is -2.12. The second kappa shape index (κ2) is 5.31. The lowest BCUT2D eigenvalue weighted by molar-refractivity contribution is 0.0526. The van der Waals surface area contributed by atoms with Gasteiger partial charge in [0, 0.05) is 0 Å². The first-order valence-corrected chi connectivity index (χ1v) is 5.16. The molecule has 0 saturated heterocycles. The zero-order chi connectivity index (χ0) is 13.9. The van der Waals surface area contributed by atoms with Gasteiger partial charge in [0.05, 0.1) is 23.3 Å². The summed E-state index contributed by atoms with van der Waals surface area (Å²) < 4.78 is 4.71. The molecule has 0 aliphatic rings. The van der Waals surface area contributed by atoms with E-state index in [1.807, 2.05) is 0 Å². The third kappa shape index (κ3) is 2.65.